The van der Waals surface area contributed by atoms with E-state index in [1.807, 2.05) is 14.0 Å². The summed E-state index contributed by atoms with van der Waals surface area (Å²) in [4.78, 5) is 4.37. The first-order valence-corrected chi connectivity index (χ1v) is 7.65. The molecule has 2 heterocycles. The summed E-state index contributed by atoms with van der Waals surface area (Å²) in [6, 6.07) is 0.0572. The SMILES string of the molecule is CCc1nc(CNC2CCS(=O)(=O)C2)n(C)n1. The van der Waals surface area contributed by atoms with Crippen LogP contribution in [0.4, 0.5) is 0 Å². The summed E-state index contributed by atoms with van der Waals surface area (Å²) >= 11 is 0. The highest BCUT2D eigenvalue weighted by Gasteiger charge is 2.27. The Morgan fingerprint density at radius 2 is 2.29 bits per heavy atom. The maximum absolute atomic E-state index is 11.3. The Labute approximate surface area is 101 Å². The van der Waals surface area contributed by atoms with Gasteiger partial charge in [0.05, 0.1) is 18.1 Å². The molecule has 96 valence electrons. The summed E-state index contributed by atoms with van der Waals surface area (Å²) in [5, 5.41) is 7.48. The molecule has 1 fully saturated rings. The Hall–Kier alpha value is -0.950. The Kier molecular flexibility index (Phi) is 3.48. The second-order valence-electron chi connectivity index (χ2n) is 4.40. The van der Waals surface area contributed by atoms with Gasteiger partial charge in [-0.05, 0) is 6.42 Å². The van der Waals surface area contributed by atoms with Gasteiger partial charge < -0.3 is 5.32 Å². The minimum absolute atomic E-state index is 0.0572. The fraction of sp³-hybridized carbons (Fsp3) is 0.800. The lowest BCUT2D eigenvalue weighted by Gasteiger charge is -2.09. The van der Waals surface area contributed by atoms with Crippen LogP contribution in [0, 0.1) is 0 Å². The van der Waals surface area contributed by atoms with Crippen molar-refractivity contribution < 1.29 is 8.42 Å². The zero-order chi connectivity index (χ0) is 12.5. The summed E-state index contributed by atoms with van der Waals surface area (Å²) in [5.41, 5.74) is 0. The minimum atomic E-state index is -2.81. The van der Waals surface area contributed by atoms with Gasteiger partial charge in [-0.3, -0.25) is 4.68 Å². The van der Waals surface area contributed by atoms with Crippen LogP contribution >= 0.6 is 0 Å². The lowest BCUT2D eigenvalue weighted by molar-refractivity contribution is 0.527. The molecule has 2 rings (SSSR count). The Morgan fingerprint density at radius 1 is 1.53 bits per heavy atom. The molecule has 1 atom stereocenters. The van der Waals surface area contributed by atoms with Gasteiger partial charge in [0.15, 0.2) is 15.7 Å². The second kappa shape index (κ2) is 4.73. The molecule has 1 N–H and O–H groups in total. The van der Waals surface area contributed by atoms with E-state index in [-0.39, 0.29) is 11.8 Å². The van der Waals surface area contributed by atoms with Crippen molar-refractivity contribution in [1.82, 2.24) is 20.1 Å². The van der Waals surface area contributed by atoms with Crippen molar-refractivity contribution in [2.75, 3.05) is 11.5 Å². The molecule has 1 aliphatic rings. The fourth-order valence-corrected chi connectivity index (χ4v) is 3.68. The van der Waals surface area contributed by atoms with Crippen molar-refractivity contribution in [3.8, 4) is 0 Å². The Bertz CT molecular complexity index is 494. The molecule has 1 aromatic heterocycles. The molecular formula is C10H18N4O2S. The van der Waals surface area contributed by atoms with Crippen LogP contribution in [0.5, 0.6) is 0 Å². The summed E-state index contributed by atoms with van der Waals surface area (Å²) in [6.45, 7) is 2.58. The highest BCUT2D eigenvalue weighted by molar-refractivity contribution is 7.91. The van der Waals surface area contributed by atoms with Gasteiger partial charge >= 0.3 is 0 Å². The lowest BCUT2D eigenvalue weighted by Crippen LogP contribution is -2.30. The minimum Gasteiger partial charge on any atom is -0.306 e. The average molecular weight is 258 g/mol. The summed E-state index contributed by atoms with van der Waals surface area (Å²) in [7, 11) is -0.959. The topological polar surface area (TPSA) is 76.9 Å². The molecular weight excluding hydrogens is 240 g/mol. The van der Waals surface area contributed by atoms with Crippen LogP contribution in [0.1, 0.15) is 25.0 Å². The number of aryl methyl sites for hydroxylation is 2. The predicted molar refractivity (Wildman–Crippen MR) is 64.3 cm³/mol. The predicted octanol–water partition coefficient (Wildman–Crippen LogP) is -0.346. The van der Waals surface area contributed by atoms with Gasteiger partial charge in [0.25, 0.3) is 0 Å². The highest BCUT2D eigenvalue weighted by atomic mass is 32.2. The molecule has 6 nitrogen and oxygen atoms in total. The van der Waals surface area contributed by atoms with Crippen LogP contribution < -0.4 is 5.32 Å². The van der Waals surface area contributed by atoms with Crippen molar-refractivity contribution in [3.05, 3.63) is 11.6 Å². The number of aromatic nitrogens is 3. The normalized spacial score (nSPS) is 23.1. The van der Waals surface area contributed by atoms with Crippen molar-refractivity contribution in [2.24, 2.45) is 7.05 Å². The molecule has 0 amide bonds. The molecule has 1 aliphatic heterocycles. The van der Waals surface area contributed by atoms with E-state index in [2.05, 4.69) is 15.4 Å². The first-order chi connectivity index (χ1) is 8.00. The maximum Gasteiger partial charge on any atom is 0.151 e. The van der Waals surface area contributed by atoms with E-state index >= 15 is 0 Å². The first kappa shape index (κ1) is 12.5. The largest absolute Gasteiger partial charge is 0.306 e. The van der Waals surface area contributed by atoms with E-state index in [1.54, 1.807) is 4.68 Å². The van der Waals surface area contributed by atoms with Crippen LogP contribution in [-0.4, -0.2) is 40.7 Å². The van der Waals surface area contributed by atoms with Crippen LogP contribution in [0.15, 0.2) is 0 Å². The summed E-state index contributed by atoms with van der Waals surface area (Å²) in [6.07, 6.45) is 1.51. The smallest absolute Gasteiger partial charge is 0.151 e. The third-order valence-electron chi connectivity index (χ3n) is 2.99. The van der Waals surface area contributed by atoms with Crippen LogP contribution in [0.25, 0.3) is 0 Å². The molecule has 0 aliphatic carbocycles. The third-order valence-corrected chi connectivity index (χ3v) is 4.76. The van der Waals surface area contributed by atoms with Gasteiger partial charge in [-0.2, -0.15) is 5.10 Å². The molecule has 0 spiro atoms. The van der Waals surface area contributed by atoms with E-state index in [1.165, 1.54) is 0 Å². The average Bonchev–Trinajstić information content (AvgIpc) is 2.79. The van der Waals surface area contributed by atoms with Gasteiger partial charge in [-0.15, -0.1) is 0 Å². The lowest BCUT2D eigenvalue weighted by atomic mass is 10.2. The van der Waals surface area contributed by atoms with Gasteiger partial charge in [-0.1, -0.05) is 6.92 Å². The number of hydrogen-bond donors (Lipinski definition) is 1. The standard InChI is InChI=1S/C10H18N4O2S/c1-3-9-12-10(14(2)13-9)6-11-8-4-5-17(15,16)7-8/h8,11H,3-7H2,1-2H3. The Morgan fingerprint density at radius 3 is 2.82 bits per heavy atom. The number of rotatable bonds is 4. The second-order valence-corrected chi connectivity index (χ2v) is 6.63. The van der Waals surface area contributed by atoms with E-state index < -0.39 is 9.84 Å². The van der Waals surface area contributed by atoms with Crippen molar-refractivity contribution in [3.63, 3.8) is 0 Å². The van der Waals surface area contributed by atoms with Crippen molar-refractivity contribution in [2.45, 2.75) is 32.4 Å². The van der Waals surface area contributed by atoms with Gasteiger partial charge in [0, 0.05) is 19.5 Å². The molecule has 1 unspecified atom stereocenters. The van der Waals surface area contributed by atoms with Crippen LogP contribution in [-0.2, 0) is 29.9 Å². The van der Waals surface area contributed by atoms with E-state index in [9.17, 15) is 8.42 Å². The summed E-state index contributed by atoms with van der Waals surface area (Å²) < 4.78 is 24.3. The molecule has 7 heteroatoms. The molecule has 1 saturated heterocycles. The maximum atomic E-state index is 11.3. The first-order valence-electron chi connectivity index (χ1n) is 5.83. The number of nitrogens with one attached hydrogen (secondary N) is 1. The van der Waals surface area contributed by atoms with Crippen LogP contribution in [0.3, 0.4) is 0 Å². The monoisotopic (exact) mass is 258 g/mol. The highest BCUT2D eigenvalue weighted by Crippen LogP contribution is 2.11. The van der Waals surface area contributed by atoms with Gasteiger partial charge in [-0.25, -0.2) is 13.4 Å². The zero-order valence-electron chi connectivity index (χ0n) is 10.2. The van der Waals surface area contributed by atoms with Crippen LogP contribution in [0.2, 0.25) is 0 Å². The van der Waals surface area contributed by atoms with Crippen molar-refractivity contribution in [1.29, 1.82) is 0 Å². The Balaban J connectivity index is 1.92. The third kappa shape index (κ3) is 3.04. The van der Waals surface area contributed by atoms with Gasteiger partial charge in [0.1, 0.15) is 5.82 Å². The molecule has 0 aromatic carbocycles. The molecule has 0 saturated carbocycles. The molecule has 17 heavy (non-hydrogen) atoms. The number of sulfone groups is 1. The summed E-state index contributed by atoms with van der Waals surface area (Å²) in [5.74, 6) is 2.21. The molecule has 1 aromatic rings. The molecule has 0 radical (unpaired) electrons. The zero-order valence-corrected chi connectivity index (χ0v) is 11.0. The van der Waals surface area contributed by atoms with Crippen molar-refractivity contribution >= 4 is 9.84 Å². The van der Waals surface area contributed by atoms with E-state index in [0.717, 1.165) is 18.1 Å². The van der Waals surface area contributed by atoms with E-state index in [4.69, 9.17) is 0 Å². The number of hydrogen-bond acceptors (Lipinski definition) is 5. The van der Waals surface area contributed by atoms with E-state index in [0.29, 0.717) is 18.7 Å². The number of nitrogens with zero attached hydrogens (tertiary/aromatic N) is 3. The fourth-order valence-electron chi connectivity index (χ4n) is 1.97. The quantitative estimate of drug-likeness (QED) is 0.799. The molecule has 0 bridgehead atoms. The van der Waals surface area contributed by atoms with Gasteiger partial charge in [0.2, 0.25) is 0 Å².